The number of aromatic nitrogens is 1. The molecule has 112 valence electrons. The molecule has 1 fully saturated rings. The fourth-order valence-electron chi connectivity index (χ4n) is 2.54. The Kier molecular flexibility index (Phi) is 4.21. The van der Waals surface area contributed by atoms with Crippen molar-refractivity contribution in [1.82, 2.24) is 9.88 Å². The lowest BCUT2D eigenvalue weighted by Crippen LogP contribution is -2.48. The molecular weight excluding hydrogens is 276 g/mol. The highest BCUT2D eigenvalue weighted by Gasteiger charge is 2.40. The van der Waals surface area contributed by atoms with E-state index in [1.807, 2.05) is 0 Å². The van der Waals surface area contributed by atoms with E-state index >= 15 is 0 Å². The summed E-state index contributed by atoms with van der Waals surface area (Å²) >= 11 is 0. The number of carbonyl (C=O) groups excluding carboxylic acids is 1. The molecule has 1 amide bonds. The number of pyridine rings is 1. The minimum absolute atomic E-state index is 0.0908. The van der Waals surface area contributed by atoms with Crippen LogP contribution in [0.1, 0.15) is 22.5 Å². The van der Waals surface area contributed by atoms with E-state index in [-0.39, 0.29) is 25.4 Å². The summed E-state index contributed by atoms with van der Waals surface area (Å²) in [6.45, 7) is 1.90. The van der Waals surface area contributed by atoms with E-state index in [1.54, 1.807) is 19.1 Å². The zero-order valence-corrected chi connectivity index (χ0v) is 11.5. The van der Waals surface area contributed by atoms with Crippen LogP contribution < -0.4 is 0 Å². The number of hydrogen-bond donors (Lipinski definition) is 2. The van der Waals surface area contributed by atoms with Gasteiger partial charge in [-0.15, -0.1) is 0 Å². The minimum Gasteiger partial charge on any atom is -0.481 e. The first-order valence-corrected chi connectivity index (χ1v) is 6.57. The Bertz CT molecular complexity index is 586. The number of amides is 1. The summed E-state index contributed by atoms with van der Waals surface area (Å²) < 4.78 is 0. The standard InChI is InChI=1S/C14H16N2O5/c1-8-6-9(2-4-15-8)12(17)16-5-3-10(13(18)19)11(7-16)14(20)21/h2,4,6,10-11H,3,5,7H2,1H3,(H,18,19)(H,20,21). The van der Waals surface area contributed by atoms with Gasteiger partial charge in [-0.2, -0.15) is 0 Å². The van der Waals surface area contributed by atoms with Gasteiger partial charge < -0.3 is 15.1 Å². The maximum Gasteiger partial charge on any atom is 0.309 e. The van der Waals surface area contributed by atoms with Crippen molar-refractivity contribution < 1.29 is 24.6 Å². The fourth-order valence-corrected chi connectivity index (χ4v) is 2.54. The van der Waals surface area contributed by atoms with Crippen LogP contribution >= 0.6 is 0 Å². The number of carboxylic acids is 2. The molecule has 0 spiro atoms. The topological polar surface area (TPSA) is 108 Å². The second-order valence-electron chi connectivity index (χ2n) is 5.12. The van der Waals surface area contributed by atoms with Gasteiger partial charge in [0.05, 0.1) is 11.8 Å². The van der Waals surface area contributed by atoms with Crippen LogP contribution in [0.5, 0.6) is 0 Å². The van der Waals surface area contributed by atoms with E-state index in [1.165, 1.54) is 11.1 Å². The van der Waals surface area contributed by atoms with Gasteiger partial charge >= 0.3 is 11.9 Å². The first-order valence-electron chi connectivity index (χ1n) is 6.57. The first-order chi connectivity index (χ1) is 9.90. The zero-order valence-electron chi connectivity index (χ0n) is 11.5. The van der Waals surface area contributed by atoms with Crippen molar-refractivity contribution in [3.63, 3.8) is 0 Å². The largest absolute Gasteiger partial charge is 0.481 e. The Morgan fingerprint density at radius 3 is 2.48 bits per heavy atom. The molecule has 0 aromatic carbocycles. The quantitative estimate of drug-likeness (QED) is 0.846. The number of aliphatic carboxylic acids is 2. The van der Waals surface area contributed by atoms with Crippen molar-refractivity contribution in [3.8, 4) is 0 Å². The summed E-state index contributed by atoms with van der Waals surface area (Å²) in [5, 5.41) is 18.2. The fraction of sp³-hybridized carbons (Fsp3) is 0.429. The molecule has 2 unspecified atom stereocenters. The van der Waals surface area contributed by atoms with Crippen LogP contribution in [0.25, 0.3) is 0 Å². The van der Waals surface area contributed by atoms with Gasteiger partial charge in [-0.25, -0.2) is 0 Å². The lowest BCUT2D eigenvalue weighted by atomic mass is 9.85. The molecule has 0 aliphatic carbocycles. The Morgan fingerprint density at radius 2 is 1.90 bits per heavy atom. The molecular formula is C14H16N2O5. The van der Waals surface area contributed by atoms with E-state index in [2.05, 4.69) is 4.98 Å². The van der Waals surface area contributed by atoms with Gasteiger partial charge in [-0.3, -0.25) is 19.4 Å². The van der Waals surface area contributed by atoms with Gasteiger partial charge in [0, 0.05) is 30.5 Å². The lowest BCUT2D eigenvalue weighted by molar-refractivity contribution is -0.156. The van der Waals surface area contributed by atoms with Crippen molar-refractivity contribution in [2.45, 2.75) is 13.3 Å². The third-order valence-electron chi connectivity index (χ3n) is 3.68. The summed E-state index contributed by atoms with van der Waals surface area (Å²) in [5.74, 6) is -4.65. The molecule has 1 aromatic rings. The lowest BCUT2D eigenvalue weighted by Gasteiger charge is -2.34. The number of nitrogens with zero attached hydrogens (tertiary/aromatic N) is 2. The number of carboxylic acid groups (broad SMARTS) is 2. The molecule has 2 atom stereocenters. The Labute approximate surface area is 121 Å². The minimum atomic E-state index is -1.19. The summed E-state index contributed by atoms with van der Waals surface area (Å²) in [6.07, 6.45) is 1.66. The molecule has 1 aromatic heterocycles. The highest BCUT2D eigenvalue weighted by atomic mass is 16.4. The number of carbonyl (C=O) groups is 3. The second-order valence-corrected chi connectivity index (χ2v) is 5.12. The van der Waals surface area contributed by atoms with Crippen LogP contribution in [0.4, 0.5) is 0 Å². The van der Waals surface area contributed by atoms with Crippen molar-refractivity contribution in [1.29, 1.82) is 0 Å². The average Bonchev–Trinajstić information content (AvgIpc) is 2.45. The normalized spacial score (nSPS) is 21.9. The van der Waals surface area contributed by atoms with Gasteiger partial charge in [0.15, 0.2) is 0 Å². The molecule has 2 N–H and O–H groups in total. The van der Waals surface area contributed by atoms with Gasteiger partial charge in [0.25, 0.3) is 5.91 Å². The van der Waals surface area contributed by atoms with Crippen molar-refractivity contribution >= 4 is 17.8 Å². The predicted molar refractivity (Wildman–Crippen MR) is 71.7 cm³/mol. The third kappa shape index (κ3) is 3.18. The van der Waals surface area contributed by atoms with Crippen LogP contribution in [0.3, 0.4) is 0 Å². The Morgan fingerprint density at radius 1 is 1.24 bits per heavy atom. The summed E-state index contributed by atoms with van der Waals surface area (Å²) in [5.41, 5.74) is 1.12. The van der Waals surface area contributed by atoms with Gasteiger partial charge in [-0.05, 0) is 25.5 Å². The van der Waals surface area contributed by atoms with Gasteiger partial charge in [0.2, 0.25) is 0 Å². The van der Waals surface area contributed by atoms with E-state index in [4.69, 9.17) is 10.2 Å². The van der Waals surface area contributed by atoms with E-state index in [0.29, 0.717) is 11.3 Å². The zero-order chi connectivity index (χ0) is 15.6. The number of hydrogen-bond acceptors (Lipinski definition) is 4. The molecule has 0 bridgehead atoms. The van der Waals surface area contributed by atoms with E-state index in [9.17, 15) is 14.4 Å². The number of aryl methyl sites for hydroxylation is 1. The molecule has 1 saturated heterocycles. The van der Waals surface area contributed by atoms with Crippen LogP contribution in [0.15, 0.2) is 18.3 Å². The molecule has 21 heavy (non-hydrogen) atoms. The maximum absolute atomic E-state index is 12.4. The number of rotatable bonds is 3. The van der Waals surface area contributed by atoms with Crippen molar-refractivity contribution in [3.05, 3.63) is 29.6 Å². The van der Waals surface area contributed by atoms with Crippen molar-refractivity contribution in [2.75, 3.05) is 13.1 Å². The molecule has 2 rings (SSSR count). The number of piperidine rings is 1. The van der Waals surface area contributed by atoms with E-state index < -0.39 is 23.8 Å². The molecule has 0 saturated carbocycles. The number of likely N-dealkylation sites (tertiary alicyclic amines) is 1. The average molecular weight is 292 g/mol. The SMILES string of the molecule is Cc1cc(C(=O)N2CCC(C(=O)O)C(C(=O)O)C2)ccn1. The predicted octanol–water partition coefficient (Wildman–Crippen LogP) is 0.638. The van der Waals surface area contributed by atoms with Crippen LogP contribution in [0.2, 0.25) is 0 Å². The summed E-state index contributed by atoms with van der Waals surface area (Å²) in [6, 6.07) is 3.19. The third-order valence-corrected chi connectivity index (χ3v) is 3.68. The highest BCUT2D eigenvalue weighted by Crippen LogP contribution is 2.25. The van der Waals surface area contributed by atoms with E-state index in [0.717, 1.165) is 0 Å². The molecule has 1 aliphatic heterocycles. The monoisotopic (exact) mass is 292 g/mol. The highest BCUT2D eigenvalue weighted by molar-refractivity contribution is 5.95. The first kappa shape index (κ1) is 15.0. The van der Waals surface area contributed by atoms with Crippen LogP contribution in [0, 0.1) is 18.8 Å². The van der Waals surface area contributed by atoms with Gasteiger partial charge in [0.1, 0.15) is 0 Å². The van der Waals surface area contributed by atoms with Crippen LogP contribution in [-0.4, -0.2) is 51.0 Å². The Balaban J connectivity index is 2.17. The molecule has 0 radical (unpaired) electrons. The molecule has 2 heterocycles. The molecule has 7 heteroatoms. The maximum atomic E-state index is 12.4. The molecule has 7 nitrogen and oxygen atoms in total. The Hall–Kier alpha value is -2.44. The van der Waals surface area contributed by atoms with Crippen LogP contribution in [-0.2, 0) is 9.59 Å². The molecule has 1 aliphatic rings. The van der Waals surface area contributed by atoms with Gasteiger partial charge in [-0.1, -0.05) is 0 Å². The summed E-state index contributed by atoms with van der Waals surface area (Å²) in [4.78, 5) is 40.1. The summed E-state index contributed by atoms with van der Waals surface area (Å²) in [7, 11) is 0. The smallest absolute Gasteiger partial charge is 0.309 e. The van der Waals surface area contributed by atoms with Crippen molar-refractivity contribution in [2.24, 2.45) is 11.8 Å². The second kappa shape index (κ2) is 5.90.